The number of aryl methyl sites for hydroxylation is 3. The van der Waals surface area contributed by atoms with Crippen LogP contribution >= 0.6 is 11.6 Å². The quantitative estimate of drug-likeness (QED) is 0.416. The van der Waals surface area contributed by atoms with Gasteiger partial charge in [-0.05, 0) is 51.3 Å². The molecular weight excluding hydrogens is 431 g/mol. The average molecular weight is 455 g/mol. The van der Waals surface area contributed by atoms with Gasteiger partial charge in [0.05, 0.1) is 23.7 Å². The molecule has 1 unspecified atom stereocenters. The molecule has 0 N–H and O–H groups in total. The van der Waals surface area contributed by atoms with Crippen molar-refractivity contribution in [1.29, 1.82) is 0 Å². The van der Waals surface area contributed by atoms with Gasteiger partial charge in [0.25, 0.3) is 0 Å². The molecule has 1 aromatic carbocycles. The molecule has 1 fully saturated rings. The Morgan fingerprint density at radius 3 is 2.62 bits per heavy atom. The lowest BCUT2D eigenvalue weighted by Gasteiger charge is -2.21. The monoisotopic (exact) mass is 454 g/mol. The van der Waals surface area contributed by atoms with E-state index in [4.69, 9.17) is 16.3 Å². The summed E-state index contributed by atoms with van der Waals surface area (Å²) >= 11 is 5.77. The lowest BCUT2D eigenvalue weighted by atomic mass is 10.0. The van der Waals surface area contributed by atoms with Crippen molar-refractivity contribution in [3.8, 4) is 11.3 Å². The summed E-state index contributed by atoms with van der Waals surface area (Å²) in [6, 6.07) is 4.44. The molecule has 1 atom stereocenters. The van der Waals surface area contributed by atoms with E-state index in [1.165, 1.54) is 30.8 Å². The molecule has 32 heavy (non-hydrogen) atoms. The molecule has 0 saturated carbocycles. The second-order valence-corrected chi connectivity index (χ2v) is 8.15. The second kappa shape index (κ2) is 9.67. The van der Waals surface area contributed by atoms with E-state index in [1.807, 2.05) is 38.0 Å². The summed E-state index contributed by atoms with van der Waals surface area (Å²) < 4.78 is 21.5. The molecule has 0 radical (unpaired) electrons. The summed E-state index contributed by atoms with van der Waals surface area (Å²) in [5, 5.41) is 4.46. The Morgan fingerprint density at radius 2 is 1.94 bits per heavy atom. The molecular formula is C23H24ClFN6O. The molecule has 1 aliphatic rings. The molecule has 9 heteroatoms. The summed E-state index contributed by atoms with van der Waals surface area (Å²) in [6.45, 7) is 4.60. The summed E-state index contributed by atoms with van der Waals surface area (Å²) in [5.41, 5.74) is 4.46. The van der Waals surface area contributed by atoms with E-state index in [0.29, 0.717) is 33.5 Å². The van der Waals surface area contributed by atoms with Crippen LogP contribution in [0.2, 0.25) is 5.02 Å². The maximum absolute atomic E-state index is 14.1. The van der Waals surface area contributed by atoms with Crippen LogP contribution in [0, 0.1) is 19.7 Å². The highest BCUT2D eigenvalue weighted by Crippen LogP contribution is 2.28. The van der Waals surface area contributed by atoms with Crippen LogP contribution in [0.4, 0.5) is 4.39 Å². The molecule has 1 aliphatic heterocycles. The summed E-state index contributed by atoms with van der Waals surface area (Å²) in [4.78, 5) is 17.0. The van der Waals surface area contributed by atoms with E-state index >= 15 is 0 Å². The van der Waals surface area contributed by atoms with Crippen LogP contribution in [0.15, 0.2) is 36.9 Å². The summed E-state index contributed by atoms with van der Waals surface area (Å²) in [7, 11) is 1.94. The summed E-state index contributed by atoms with van der Waals surface area (Å²) in [5.74, 6) is -0.447. The zero-order valence-corrected chi connectivity index (χ0v) is 19.0. The molecule has 1 saturated heterocycles. The van der Waals surface area contributed by atoms with Gasteiger partial charge < -0.3 is 4.74 Å². The number of nitrogens with zero attached hydrogens (tertiary/aromatic N) is 6. The van der Waals surface area contributed by atoms with Crippen molar-refractivity contribution < 1.29 is 9.13 Å². The van der Waals surface area contributed by atoms with Gasteiger partial charge in [0.15, 0.2) is 5.65 Å². The third-order valence-electron chi connectivity index (χ3n) is 5.34. The number of rotatable bonds is 2. The molecule has 5 rings (SSSR count). The first kappa shape index (κ1) is 22.2. The Labute approximate surface area is 190 Å². The molecule has 3 aromatic heterocycles. The van der Waals surface area contributed by atoms with Gasteiger partial charge in [-0.1, -0.05) is 11.6 Å². The second-order valence-electron chi connectivity index (χ2n) is 7.72. The van der Waals surface area contributed by atoms with Crippen molar-refractivity contribution in [2.75, 3.05) is 6.61 Å². The number of halogens is 2. The number of hydrogen-bond donors (Lipinski definition) is 0. The third-order valence-corrected chi connectivity index (χ3v) is 5.58. The normalized spacial score (nSPS) is 16.0. The number of fused-ring (bicyclic) bond motifs is 1. The predicted molar refractivity (Wildman–Crippen MR) is 121 cm³/mol. The lowest BCUT2D eigenvalue weighted by molar-refractivity contribution is 0.0149. The smallest absolute Gasteiger partial charge is 0.182 e. The Bertz CT molecular complexity index is 1240. The molecule has 0 bridgehead atoms. The SMILES string of the molecule is Cc1nc2ncnc(-c3ccc(Cl)cc3F)c2nc1C.Cn1cc(C2CCCCO2)cn1. The van der Waals surface area contributed by atoms with Crippen molar-refractivity contribution in [3.05, 3.63) is 64.7 Å². The fourth-order valence-electron chi connectivity index (χ4n) is 3.53. The van der Waals surface area contributed by atoms with Gasteiger partial charge in [0, 0.05) is 36.0 Å². The number of hydrogen-bond acceptors (Lipinski definition) is 6. The third kappa shape index (κ3) is 4.92. The first-order valence-corrected chi connectivity index (χ1v) is 10.8. The van der Waals surface area contributed by atoms with E-state index in [0.717, 1.165) is 24.4 Å². The number of ether oxygens (including phenoxy) is 1. The van der Waals surface area contributed by atoms with Crippen molar-refractivity contribution in [2.45, 2.75) is 39.2 Å². The van der Waals surface area contributed by atoms with Gasteiger partial charge >= 0.3 is 0 Å². The fraction of sp³-hybridized carbons (Fsp3) is 0.348. The molecule has 4 aromatic rings. The Hall–Kier alpha value is -2.97. The van der Waals surface area contributed by atoms with E-state index in [2.05, 4.69) is 25.0 Å². The lowest BCUT2D eigenvalue weighted by Crippen LogP contribution is -2.10. The zero-order chi connectivity index (χ0) is 22.7. The van der Waals surface area contributed by atoms with Crippen LogP contribution in [-0.2, 0) is 11.8 Å². The standard InChI is InChI=1S/C14H10ClFN4.C9H14N2O/c1-7-8(2)20-14-13(19-7)12(17-6-18-14)10-4-3-9(15)5-11(10)16;1-11-7-8(6-10-11)9-4-2-3-5-12-9/h3-6H,1-2H3;6-7,9H,2-5H2,1H3. The van der Waals surface area contributed by atoms with E-state index in [9.17, 15) is 4.39 Å². The Balaban J connectivity index is 0.000000174. The van der Waals surface area contributed by atoms with Crippen LogP contribution in [0.25, 0.3) is 22.4 Å². The first-order chi connectivity index (χ1) is 15.4. The highest BCUT2D eigenvalue weighted by Gasteiger charge is 2.17. The topological polar surface area (TPSA) is 78.6 Å². The molecule has 166 valence electrons. The van der Waals surface area contributed by atoms with E-state index in [-0.39, 0.29) is 0 Å². The molecule has 0 aliphatic carbocycles. The first-order valence-electron chi connectivity index (χ1n) is 10.4. The van der Waals surface area contributed by atoms with Crippen LogP contribution in [0.3, 0.4) is 0 Å². The van der Waals surface area contributed by atoms with Gasteiger partial charge in [0.2, 0.25) is 0 Å². The van der Waals surface area contributed by atoms with E-state index in [1.54, 1.807) is 12.1 Å². The Kier molecular flexibility index (Phi) is 6.72. The molecule has 4 heterocycles. The highest BCUT2D eigenvalue weighted by atomic mass is 35.5. The fourth-order valence-corrected chi connectivity index (χ4v) is 3.69. The van der Waals surface area contributed by atoms with Crippen LogP contribution < -0.4 is 0 Å². The minimum absolute atomic E-state index is 0.299. The minimum atomic E-state index is -0.447. The molecule has 7 nitrogen and oxygen atoms in total. The molecule has 0 amide bonds. The van der Waals surface area contributed by atoms with Crippen LogP contribution in [-0.4, -0.2) is 36.3 Å². The van der Waals surface area contributed by atoms with E-state index < -0.39 is 5.82 Å². The van der Waals surface area contributed by atoms with Crippen LogP contribution in [0.1, 0.15) is 42.3 Å². The van der Waals surface area contributed by atoms with Crippen LogP contribution in [0.5, 0.6) is 0 Å². The van der Waals surface area contributed by atoms with Crippen molar-refractivity contribution in [2.24, 2.45) is 7.05 Å². The van der Waals surface area contributed by atoms with Gasteiger partial charge in [0.1, 0.15) is 23.4 Å². The number of benzene rings is 1. The predicted octanol–water partition coefficient (Wildman–Crippen LogP) is 5.16. The molecule has 0 spiro atoms. The zero-order valence-electron chi connectivity index (χ0n) is 18.2. The minimum Gasteiger partial charge on any atom is -0.373 e. The summed E-state index contributed by atoms with van der Waals surface area (Å²) in [6.07, 6.45) is 9.22. The number of aromatic nitrogens is 6. The van der Waals surface area contributed by atoms with Gasteiger partial charge in [-0.15, -0.1) is 0 Å². The van der Waals surface area contributed by atoms with Crippen molar-refractivity contribution >= 4 is 22.8 Å². The largest absolute Gasteiger partial charge is 0.373 e. The maximum atomic E-state index is 14.1. The van der Waals surface area contributed by atoms with Crippen molar-refractivity contribution in [1.82, 2.24) is 29.7 Å². The highest BCUT2D eigenvalue weighted by molar-refractivity contribution is 6.30. The van der Waals surface area contributed by atoms with Crippen molar-refractivity contribution in [3.63, 3.8) is 0 Å². The Morgan fingerprint density at radius 1 is 1.12 bits per heavy atom. The van der Waals surface area contributed by atoms with Gasteiger partial charge in [-0.25, -0.2) is 24.3 Å². The maximum Gasteiger partial charge on any atom is 0.182 e. The van der Waals surface area contributed by atoms with Gasteiger partial charge in [-0.3, -0.25) is 4.68 Å². The average Bonchev–Trinajstić information content (AvgIpc) is 3.22. The van der Waals surface area contributed by atoms with Gasteiger partial charge in [-0.2, -0.15) is 5.10 Å².